The molecule has 90 valence electrons. The van der Waals surface area contributed by atoms with Gasteiger partial charge in [0.2, 0.25) is 0 Å². The number of benzene rings is 1. The SMILES string of the molecule is CC1CCCCCC1.CCc1ccccc1. The van der Waals surface area contributed by atoms with Crippen LogP contribution in [0, 0.1) is 5.92 Å². The molecule has 16 heavy (non-hydrogen) atoms. The van der Waals surface area contributed by atoms with Crippen molar-refractivity contribution in [3.05, 3.63) is 35.9 Å². The zero-order valence-corrected chi connectivity index (χ0v) is 10.9. The normalized spacial score (nSPS) is 17.1. The van der Waals surface area contributed by atoms with Crippen LogP contribution in [0.4, 0.5) is 0 Å². The minimum atomic E-state index is 1.03. The molecular formula is C16H26. The first-order valence-electron chi connectivity index (χ1n) is 6.87. The zero-order valence-electron chi connectivity index (χ0n) is 10.9. The molecule has 2 rings (SSSR count). The van der Waals surface area contributed by atoms with E-state index < -0.39 is 0 Å². The van der Waals surface area contributed by atoms with E-state index in [0.717, 1.165) is 12.3 Å². The summed E-state index contributed by atoms with van der Waals surface area (Å²) in [5.41, 5.74) is 1.41. The van der Waals surface area contributed by atoms with Crippen molar-refractivity contribution in [2.24, 2.45) is 5.92 Å². The number of aryl methyl sites for hydroxylation is 1. The average Bonchev–Trinajstić information content (AvgIpc) is 2.59. The Morgan fingerprint density at radius 3 is 1.94 bits per heavy atom. The van der Waals surface area contributed by atoms with E-state index in [4.69, 9.17) is 0 Å². The Labute approximate surface area is 101 Å². The summed E-state index contributed by atoms with van der Waals surface area (Å²) in [6.45, 7) is 4.54. The molecule has 0 saturated heterocycles. The topological polar surface area (TPSA) is 0 Å². The highest BCUT2D eigenvalue weighted by Crippen LogP contribution is 2.21. The largest absolute Gasteiger partial charge is 0.0625 e. The standard InChI is InChI=1S/C8H16.C8H10/c1-8-6-4-2-3-5-7-8;1-2-8-6-4-3-5-7-8/h8H,2-7H2,1H3;3-7H,2H2,1H3. The lowest BCUT2D eigenvalue weighted by Crippen LogP contribution is -1.88. The third-order valence-corrected chi connectivity index (χ3v) is 3.39. The van der Waals surface area contributed by atoms with Crippen molar-refractivity contribution >= 4 is 0 Å². The zero-order chi connectivity index (χ0) is 11.6. The van der Waals surface area contributed by atoms with Gasteiger partial charge < -0.3 is 0 Å². The van der Waals surface area contributed by atoms with Gasteiger partial charge >= 0.3 is 0 Å². The van der Waals surface area contributed by atoms with Crippen molar-refractivity contribution in [1.82, 2.24) is 0 Å². The summed E-state index contributed by atoms with van der Waals surface area (Å²) in [6, 6.07) is 10.5. The molecule has 0 radical (unpaired) electrons. The summed E-state index contributed by atoms with van der Waals surface area (Å²) in [7, 11) is 0. The van der Waals surface area contributed by atoms with Crippen molar-refractivity contribution in [3.63, 3.8) is 0 Å². The van der Waals surface area contributed by atoms with Gasteiger partial charge in [0.25, 0.3) is 0 Å². The summed E-state index contributed by atoms with van der Waals surface area (Å²) >= 11 is 0. The maximum Gasteiger partial charge on any atom is -0.0307 e. The first-order chi connectivity index (χ1) is 7.83. The van der Waals surface area contributed by atoms with Crippen LogP contribution in [0.5, 0.6) is 0 Å². The van der Waals surface area contributed by atoms with Gasteiger partial charge in [-0.25, -0.2) is 0 Å². The lowest BCUT2D eigenvalue weighted by atomic mass is 10.0. The van der Waals surface area contributed by atoms with Crippen molar-refractivity contribution in [1.29, 1.82) is 0 Å². The second kappa shape index (κ2) is 8.38. The third kappa shape index (κ3) is 5.95. The Hall–Kier alpha value is -0.780. The lowest BCUT2D eigenvalue weighted by Gasteiger charge is -2.02. The van der Waals surface area contributed by atoms with Gasteiger partial charge in [-0.15, -0.1) is 0 Å². The van der Waals surface area contributed by atoms with Gasteiger partial charge in [0, 0.05) is 0 Å². The number of hydrogen-bond donors (Lipinski definition) is 0. The molecule has 1 fully saturated rings. The molecule has 0 heteroatoms. The molecule has 0 aliphatic heterocycles. The number of rotatable bonds is 1. The van der Waals surface area contributed by atoms with Crippen molar-refractivity contribution in [3.8, 4) is 0 Å². The lowest BCUT2D eigenvalue weighted by molar-refractivity contribution is 0.505. The molecule has 1 saturated carbocycles. The maximum absolute atomic E-state index is 2.38. The third-order valence-electron chi connectivity index (χ3n) is 3.39. The van der Waals surface area contributed by atoms with Gasteiger partial charge in [0.05, 0.1) is 0 Å². The van der Waals surface area contributed by atoms with Crippen LogP contribution in [-0.2, 0) is 6.42 Å². The summed E-state index contributed by atoms with van der Waals surface area (Å²) in [5, 5.41) is 0. The molecule has 0 spiro atoms. The van der Waals surface area contributed by atoms with E-state index in [-0.39, 0.29) is 0 Å². The van der Waals surface area contributed by atoms with Crippen LogP contribution in [0.1, 0.15) is 57.9 Å². The summed E-state index contributed by atoms with van der Waals surface area (Å²) in [4.78, 5) is 0. The summed E-state index contributed by atoms with van der Waals surface area (Å²) in [5.74, 6) is 1.03. The van der Waals surface area contributed by atoms with Gasteiger partial charge in [-0.05, 0) is 17.9 Å². The Morgan fingerprint density at radius 1 is 0.938 bits per heavy atom. The van der Waals surface area contributed by atoms with Crippen molar-refractivity contribution in [2.75, 3.05) is 0 Å². The van der Waals surface area contributed by atoms with Crippen molar-refractivity contribution < 1.29 is 0 Å². The predicted molar refractivity (Wildman–Crippen MR) is 72.7 cm³/mol. The van der Waals surface area contributed by atoms with Gasteiger partial charge in [0.15, 0.2) is 0 Å². The monoisotopic (exact) mass is 218 g/mol. The molecule has 0 aromatic heterocycles. The molecule has 0 bridgehead atoms. The minimum Gasteiger partial charge on any atom is -0.0625 e. The highest BCUT2D eigenvalue weighted by atomic mass is 14.1. The molecule has 1 aromatic carbocycles. The highest BCUT2D eigenvalue weighted by Gasteiger charge is 2.05. The fraction of sp³-hybridized carbons (Fsp3) is 0.625. The second-order valence-electron chi connectivity index (χ2n) is 4.94. The van der Waals surface area contributed by atoms with Gasteiger partial charge in [-0.2, -0.15) is 0 Å². The minimum absolute atomic E-state index is 1.03. The maximum atomic E-state index is 2.38. The van der Waals surface area contributed by atoms with Crippen LogP contribution in [-0.4, -0.2) is 0 Å². The first kappa shape index (κ1) is 13.3. The second-order valence-corrected chi connectivity index (χ2v) is 4.94. The van der Waals surface area contributed by atoms with Crippen LogP contribution in [0.15, 0.2) is 30.3 Å². The quantitative estimate of drug-likeness (QED) is 0.566. The molecular weight excluding hydrogens is 192 g/mol. The average molecular weight is 218 g/mol. The Morgan fingerprint density at radius 2 is 1.50 bits per heavy atom. The molecule has 0 atom stereocenters. The van der Waals surface area contributed by atoms with Crippen LogP contribution >= 0.6 is 0 Å². The molecule has 1 aliphatic carbocycles. The van der Waals surface area contributed by atoms with E-state index >= 15 is 0 Å². The van der Waals surface area contributed by atoms with E-state index in [9.17, 15) is 0 Å². The van der Waals surface area contributed by atoms with Gasteiger partial charge in [-0.3, -0.25) is 0 Å². The van der Waals surface area contributed by atoms with Crippen molar-refractivity contribution in [2.45, 2.75) is 58.8 Å². The van der Waals surface area contributed by atoms with E-state index in [1.165, 1.54) is 44.1 Å². The van der Waals surface area contributed by atoms with Gasteiger partial charge in [0.1, 0.15) is 0 Å². The molecule has 0 N–H and O–H groups in total. The van der Waals surface area contributed by atoms with Gasteiger partial charge in [-0.1, -0.05) is 82.7 Å². The smallest absolute Gasteiger partial charge is 0.0307 e. The van der Waals surface area contributed by atoms with E-state index in [2.05, 4.69) is 38.1 Å². The van der Waals surface area contributed by atoms with E-state index in [1.807, 2.05) is 6.07 Å². The molecule has 0 amide bonds. The molecule has 1 aromatic rings. The predicted octanol–water partition coefficient (Wildman–Crippen LogP) is 5.23. The Balaban J connectivity index is 0.000000160. The van der Waals surface area contributed by atoms with Crippen LogP contribution in [0.2, 0.25) is 0 Å². The van der Waals surface area contributed by atoms with E-state index in [0.29, 0.717) is 0 Å². The summed E-state index contributed by atoms with van der Waals surface area (Å²) in [6.07, 6.45) is 10.1. The molecule has 0 nitrogen and oxygen atoms in total. The molecule has 0 heterocycles. The molecule has 0 unspecified atom stereocenters. The molecule has 1 aliphatic rings. The van der Waals surface area contributed by atoms with Crippen LogP contribution in [0.25, 0.3) is 0 Å². The fourth-order valence-corrected chi connectivity index (χ4v) is 2.20. The number of hydrogen-bond acceptors (Lipinski definition) is 0. The summed E-state index contributed by atoms with van der Waals surface area (Å²) < 4.78 is 0. The highest BCUT2D eigenvalue weighted by molar-refractivity contribution is 5.13. The Kier molecular flexibility index (Phi) is 6.96. The fourth-order valence-electron chi connectivity index (χ4n) is 2.20. The van der Waals surface area contributed by atoms with E-state index in [1.54, 1.807) is 0 Å². The van der Waals surface area contributed by atoms with Crippen LogP contribution in [0.3, 0.4) is 0 Å². The Bertz CT molecular complexity index is 242. The first-order valence-corrected chi connectivity index (χ1v) is 6.87. The van der Waals surface area contributed by atoms with Crippen LogP contribution < -0.4 is 0 Å².